The second kappa shape index (κ2) is 4.46. The van der Waals surface area contributed by atoms with E-state index in [9.17, 15) is 9.90 Å². The second-order valence-electron chi connectivity index (χ2n) is 5.28. The summed E-state index contributed by atoms with van der Waals surface area (Å²) in [5.74, 6) is -0.950. The molecule has 2 heterocycles. The van der Waals surface area contributed by atoms with Gasteiger partial charge in [0.1, 0.15) is 5.69 Å². The Kier molecular flexibility index (Phi) is 2.56. The van der Waals surface area contributed by atoms with Crippen LogP contribution in [-0.4, -0.2) is 25.8 Å². The number of nitrogens with one attached hydrogen (secondary N) is 1. The number of hydrogen-bond acceptors (Lipinski definition) is 2. The largest absolute Gasteiger partial charge is 0.478 e. The van der Waals surface area contributed by atoms with Crippen LogP contribution in [0.1, 0.15) is 10.4 Å². The van der Waals surface area contributed by atoms with Gasteiger partial charge in [-0.05, 0) is 18.2 Å². The molecule has 0 aliphatic carbocycles. The van der Waals surface area contributed by atoms with Gasteiger partial charge in [-0.1, -0.05) is 24.3 Å². The number of benzene rings is 2. The van der Waals surface area contributed by atoms with Crippen molar-refractivity contribution in [2.45, 2.75) is 0 Å². The van der Waals surface area contributed by atoms with Crippen LogP contribution in [0.2, 0.25) is 0 Å². The molecule has 108 valence electrons. The summed E-state index contributed by atoms with van der Waals surface area (Å²) in [7, 11) is 1.97. The molecule has 0 spiro atoms. The van der Waals surface area contributed by atoms with Crippen molar-refractivity contribution in [3.8, 4) is 11.3 Å². The Morgan fingerprint density at radius 3 is 2.82 bits per heavy atom. The first-order chi connectivity index (χ1) is 10.7. The fraction of sp³-hybridized carbons (Fsp3) is 0.0588. The lowest BCUT2D eigenvalue weighted by atomic mass is 10.0. The quantitative estimate of drug-likeness (QED) is 0.594. The SMILES string of the molecule is Cn1cc(-c2n[nH]c3cccc(C(=O)O)c23)c2ccccc21. The summed E-state index contributed by atoms with van der Waals surface area (Å²) in [6, 6.07) is 13.2. The van der Waals surface area contributed by atoms with Crippen molar-refractivity contribution in [2.75, 3.05) is 0 Å². The number of H-pyrrole nitrogens is 1. The van der Waals surface area contributed by atoms with Gasteiger partial charge in [0.25, 0.3) is 0 Å². The molecule has 0 aliphatic rings. The van der Waals surface area contributed by atoms with Gasteiger partial charge >= 0.3 is 5.97 Å². The zero-order valence-electron chi connectivity index (χ0n) is 11.9. The van der Waals surface area contributed by atoms with Crippen LogP contribution in [0.3, 0.4) is 0 Å². The highest BCUT2D eigenvalue weighted by atomic mass is 16.4. The Morgan fingerprint density at radius 2 is 2.00 bits per heavy atom. The van der Waals surface area contributed by atoms with Crippen LogP contribution in [0.25, 0.3) is 33.1 Å². The lowest BCUT2D eigenvalue weighted by Gasteiger charge is -2.00. The van der Waals surface area contributed by atoms with E-state index in [1.165, 1.54) is 0 Å². The van der Waals surface area contributed by atoms with E-state index in [1.54, 1.807) is 12.1 Å². The molecule has 0 unspecified atom stereocenters. The molecule has 0 fully saturated rings. The minimum absolute atomic E-state index is 0.259. The molecule has 5 heteroatoms. The number of hydrogen-bond donors (Lipinski definition) is 2. The Labute approximate surface area is 125 Å². The summed E-state index contributed by atoms with van der Waals surface area (Å²) >= 11 is 0. The van der Waals surface area contributed by atoms with E-state index < -0.39 is 5.97 Å². The Morgan fingerprint density at radius 1 is 1.18 bits per heavy atom. The third-order valence-electron chi connectivity index (χ3n) is 3.97. The molecule has 0 aliphatic heterocycles. The average Bonchev–Trinajstić information content (AvgIpc) is 3.09. The first-order valence-electron chi connectivity index (χ1n) is 6.91. The molecule has 0 atom stereocenters. The summed E-state index contributed by atoms with van der Waals surface area (Å²) < 4.78 is 2.02. The molecule has 0 radical (unpaired) electrons. The van der Waals surface area contributed by atoms with E-state index in [2.05, 4.69) is 10.2 Å². The molecule has 0 saturated heterocycles. The second-order valence-corrected chi connectivity index (χ2v) is 5.28. The minimum atomic E-state index is -0.950. The predicted molar refractivity (Wildman–Crippen MR) is 85.0 cm³/mol. The standard InChI is InChI=1S/C17H13N3O2/c1-20-9-12(10-5-2-3-8-14(10)20)16-15-11(17(21)22)6-4-7-13(15)18-19-16/h2-9H,1H3,(H,18,19)(H,21,22). The molecule has 0 saturated carbocycles. The van der Waals surface area contributed by atoms with Gasteiger partial charge in [-0.3, -0.25) is 5.10 Å². The van der Waals surface area contributed by atoms with Gasteiger partial charge in [0.15, 0.2) is 0 Å². The summed E-state index contributed by atoms with van der Waals surface area (Å²) in [6.45, 7) is 0. The number of fused-ring (bicyclic) bond motifs is 2. The van der Waals surface area contributed by atoms with Crippen molar-refractivity contribution in [3.63, 3.8) is 0 Å². The van der Waals surface area contributed by atoms with Crippen molar-refractivity contribution in [1.29, 1.82) is 0 Å². The minimum Gasteiger partial charge on any atom is -0.478 e. The van der Waals surface area contributed by atoms with E-state index >= 15 is 0 Å². The van der Waals surface area contributed by atoms with Gasteiger partial charge < -0.3 is 9.67 Å². The Hall–Kier alpha value is -3.08. The zero-order chi connectivity index (χ0) is 15.3. The highest BCUT2D eigenvalue weighted by Gasteiger charge is 2.19. The van der Waals surface area contributed by atoms with Crippen LogP contribution >= 0.6 is 0 Å². The molecule has 2 N–H and O–H groups in total. The van der Waals surface area contributed by atoms with Crippen LogP contribution in [0.4, 0.5) is 0 Å². The van der Waals surface area contributed by atoms with Gasteiger partial charge in [-0.2, -0.15) is 5.10 Å². The van der Waals surface area contributed by atoms with Gasteiger partial charge in [0.05, 0.1) is 11.1 Å². The summed E-state index contributed by atoms with van der Waals surface area (Å²) in [5.41, 5.74) is 3.67. The number of aryl methyl sites for hydroxylation is 1. The first-order valence-corrected chi connectivity index (χ1v) is 6.91. The first kappa shape index (κ1) is 12.6. The number of carboxylic acid groups (broad SMARTS) is 1. The maximum absolute atomic E-state index is 11.5. The lowest BCUT2D eigenvalue weighted by molar-refractivity contribution is 0.0699. The molecule has 5 nitrogen and oxygen atoms in total. The van der Waals surface area contributed by atoms with Crippen molar-refractivity contribution in [3.05, 3.63) is 54.2 Å². The number of aromatic nitrogens is 3. The Bertz CT molecular complexity index is 1030. The van der Waals surface area contributed by atoms with Crippen LogP contribution in [0, 0.1) is 0 Å². The zero-order valence-corrected chi connectivity index (χ0v) is 11.9. The number of aromatic carboxylic acids is 1. The maximum atomic E-state index is 11.5. The molecule has 4 rings (SSSR count). The van der Waals surface area contributed by atoms with Crippen LogP contribution in [-0.2, 0) is 7.05 Å². The predicted octanol–water partition coefficient (Wildman–Crippen LogP) is 3.42. The molecule has 0 amide bonds. The number of carboxylic acids is 1. The van der Waals surface area contributed by atoms with Crippen LogP contribution in [0.15, 0.2) is 48.7 Å². The number of para-hydroxylation sites is 1. The van der Waals surface area contributed by atoms with E-state index in [0.29, 0.717) is 11.1 Å². The normalized spacial score (nSPS) is 11.3. The Balaban J connectivity index is 2.11. The molecular weight excluding hydrogens is 278 g/mol. The highest BCUT2D eigenvalue weighted by molar-refractivity contribution is 6.11. The van der Waals surface area contributed by atoms with Gasteiger partial charge in [0.2, 0.25) is 0 Å². The smallest absolute Gasteiger partial charge is 0.336 e. The van der Waals surface area contributed by atoms with Gasteiger partial charge in [-0.15, -0.1) is 0 Å². The summed E-state index contributed by atoms with van der Waals surface area (Å²) in [4.78, 5) is 11.5. The molecule has 4 aromatic rings. The molecule has 2 aromatic carbocycles. The van der Waals surface area contributed by atoms with E-state index in [0.717, 1.165) is 22.0 Å². The maximum Gasteiger partial charge on any atom is 0.336 e. The molecule has 0 bridgehead atoms. The monoisotopic (exact) mass is 291 g/mol. The van der Waals surface area contributed by atoms with Crippen LogP contribution < -0.4 is 0 Å². The highest BCUT2D eigenvalue weighted by Crippen LogP contribution is 2.34. The van der Waals surface area contributed by atoms with E-state index in [4.69, 9.17) is 0 Å². The van der Waals surface area contributed by atoms with Crippen molar-refractivity contribution in [1.82, 2.24) is 14.8 Å². The topological polar surface area (TPSA) is 70.9 Å². The van der Waals surface area contributed by atoms with Gasteiger partial charge in [-0.25, -0.2) is 4.79 Å². The third kappa shape index (κ3) is 1.65. The van der Waals surface area contributed by atoms with Crippen molar-refractivity contribution in [2.24, 2.45) is 7.05 Å². The van der Waals surface area contributed by atoms with E-state index in [1.807, 2.05) is 48.1 Å². The molecule has 2 aromatic heterocycles. The van der Waals surface area contributed by atoms with E-state index in [-0.39, 0.29) is 5.56 Å². The van der Waals surface area contributed by atoms with Crippen molar-refractivity contribution < 1.29 is 9.90 Å². The number of nitrogens with zero attached hydrogens (tertiary/aromatic N) is 2. The van der Waals surface area contributed by atoms with Crippen molar-refractivity contribution >= 4 is 27.8 Å². The summed E-state index contributed by atoms with van der Waals surface area (Å²) in [5, 5.41) is 18.4. The number of aromatic amines is 1. The summed E-state index contributed by atoms with van der Waals surface area (Å²) in [6.07, 6.45) is 1.99. The number of carbonyl (C=O) groups is 1. The third-order valence-corrected chi connectivity index (χ3v) is 3.97. The van der Waals surface area contributed by atoms with Crippen LogP contribution in [0.5, 0.6) is 0 Å². The molecule has 22 heavy (non-hydrogen) atoms. The fourth-order valence-corrected chi connectivity index (χ4v) is 2.98. The fourth-order valence-electron chi connectivity index (χ4n) is 2.98. The molecular formula is C17H13N3O2. The van der Waals surface area contributed by atoms with Gasteiger partial charge in [0, 0.05) is 35.1 Å². The number of rotatable bonds is 2. The average molecular weight is 291 g/mol. The lowest BCUT2D eigenvalue weighted by Crippen LogP contribution is -1.97.